The van der Waals surface area contributed by atoms with Crippen LogP contribution in [0.25, 0.3) is 0 Å². The number of hydrogen-bond acceptors (Lipinski definition) is 3. The molecule has 0 spiro atoms. The molecule has 0 radical (unpaired) electrons. The maximum Gasteiger partial charge on any atom is 0.204 e. The molecule has 1 aliphatic rings. The van der Waals surface area contributed by atoms with E-state index in [0.29, 0.717) is 10.8 Å². The van der Waals surface area contributed by atoms with Crippen molar-refractivity contribution in [2.75, 3.05) is 11.9 Å². The van der Waals surface area contributed by atoms with Gasteiger partial charge in [0.1, 0.15) is 6.07 Å². The Morgan fingerprint density at radius 2 is 2.27 bits per heavy atom. The molecule has 15 heavy (non-hydrogen) atoms. The lowest BCUT2D eigenvalue weighted by atomic mass is 10.1. The fourth-order valence-electron chi connectivity index (χ4n) is 1.67. The Morgan fingerprint density at radius 3 is 2.93 bits per heavy atom. The monoisotopic (exact) mass is 222 g/mol. The van der Waals surface area contributed by atoms with Crippen LogP contribution < -0.4 is 9.64 Å². The van der Waals surface area contributed by atoms with E-state index in [4.69, 9.17) is 21.6 Å². The van der Waals surface area contributed by atoms with E-state index in [1.807, 2.05) is 31.0 Å². The molecular weight excluding hydrogens is 212 g/mol. The lowest BCUT2D eigenvalue weighted by Gasteiger charge is -2.37. The number of hydrogen-bond donors (Lipinski definition) is 0. The number of fused-ring (bicyclic) bond motifs is 1. The summed E-state index contributed by atoms with van der Waals surface area (Å²) < 4.78 is 5.56. The number of nitriles is 1. The van der Waals surface area contributed by atoms with E-state index in [0.717, 1.165) is 5.69 Å². The van der Waals surface area contributed by atoms with Gasteiger partial charge in [0.05, 0.1) is 16.8 Å². The van der Waals surface area contributed by atoms with Crippen molar-refractivity contribution in [3.8, 4) is 11.8 Å². The zero-order chi connectivity index (χ0) is 11.0. The SMILES string of the molecule is CC1C(C#N)Oc2c(Cl)cccc2N1C. The van der Waals surface area contributed by atoms with Crippen LogP contribution in [0.2, 0.25) is 5.02 Å². The normalized spacial score (nSPS) is 24.0. The third-order valence-electron chi connectivity index (χ3n) is 2.75. The fraction of sp³-hybridized carbons (Fsp3) is 0.364. The number of likely N-dealkylation sites (N-methyl/N-ethyl adjacent to an activating group) is 1. The van der Waals surface area contributed by atoms with Crippen LogP contribution in [-0.2, 0) is 0 Å². The molecule has 0 saturated carbocycles. The maximum absolute atomic E-state index is 8.95. The van der Waals surface area contributed by atoms with E-state index in [-0.39, 0.29) is 6.04 Å². The number of nitrogens with zero attached hydrogens (tertiary/aromatic N) is 2. The molecule has 0 saturated heterocycles. The van der Waals surface area contributed by atoms with E-state index in [1.54, 1.807) is 6.07 Å². The highest BCUT2D eigenvalue weighted by molar-refractivity contribution is 6.32. The first-order chi connectivity index (χ1) is 7.15. The molecule has 0 amide bonds. The minimum atomic E-state index is -0.470. The first kappa shape index (κ1) is 10.1. The highest BCUT2D eigenvalue weighted by Crippen LogP contribution is 2.40. The molecule has 3 nitrogen and oxygen atoms in total. The Morgan fingerprint density at radius 1 is 1.53 bits per heavy atom. The van der Waals surface area contributed by atoms with Gasteiger partial charge in [0, 0.05) is 7.05 Å². The molecule has 0 N–H and O–H groups in total. The Kier molecular flexibility index (Phi) is 2.45. The first-order valence-electron chi connectivity index (χ1n) is 4.72. The van der Waals surface area contributed by atoms with E-state index in [2.05, 4.69) is 6.07 Å². The van der Waals surface area contributed by atoms with Crippen LogP contribution in [0.15, 0.2) is 18.2 Å². The Hall–Kier alpha value is -1.40. The van der Waals surface area contributed by atoms with Gasteiger partial charge in [-0.05, 0) is 19.1 Å². The maximum atomic E-state index is 8.95. The molecule has 0 aromatic heterocycles. The highest BCUT2D eigenvalue weighted by Gasteiger charge is 2.31. The standard InChI is InChI=1S/C11H11ClN2O/c1-7-10(6-13)15-11-8(12)4-3-5-9(11)14(7)2/h3-5,7,10H,1-2H3. The van der Waals surface area contributed by atoms with E-state index in [1.165, 1.54) is 0 Å². The van der Waals surface area contributed by atoms with Gasteiger partial charge in [-0.25, -0.2) is 0 Å². The van der Waals surface area contributed by atoms with Crippen molar-refractivity contribution in [3.05, 3.63) is 23.2 Å². The molecule has 0 bridgehead atoms. The predicted molar refractivity (Wildman–Crippen MR) is 59.3 cm³/mol. The Balaban J connectivity index is 2.51. The average Bonchev–Trinajstić information content (AvgIpc) is 2.24. The molecular formula is C11H11ClN2O. The van der Waals surface area contributed by atoms with Crippen LogP contribution in [0.3, 0.4) is 0 Å². The first-order valence-corrected chi connectivity index (χ1v) is 5.10. The summed E-state index contributed by atoms with van der Waals surface area (Å²) in [6.07, 6.45) is -0.470. The average molecular weight is 223 g/mol. The summed E-state index contributed by atoms with van der Waals surface area (Å²) >= 11 is 6.02. The minimum Gasteiger partial charge on any atom is -0.470 e. The summed E-state index contributed by atoms with van der Waals surface area (Å²) in [5.41, 5.74) is 0.932. The molecule has 4 heteroatoms. The van der Waals surface area contributed by atoms with Crippen LogP contribution in [0.4, 0.5) is 5.69 Å². The van der Waals surface area contributed by atoms with Crippen LogP contribution >= 0.6 is 11.6 Å². The minimum absolute atomic E-state index is 0.0287. The molecule has 0 aliphatic carbocycles. The largest absolute Gasteiger partial charge is 0.470 e. The molecule has 1 aromatic carbocycles. The van der Waals surface area contributed by atoms with E-state index >= 15 is 0 Å². The van der Waals surface area contributed by atoms with Gasteiger partial charge in [-0.15, -0.1) is 0 Å². The second kappa shape index (κ2) is 3.63. The third-order valence-corrected chi connectivity index (χ3v) is 3.04. The fourth-order valence-corrected chi connectivity index (χ4v) is 1.89. The second-order valence-electron chi connectivity index (χ2n) is 3.61. The molecule has 1 aliphatic heterocycles. The van der Waals surface area contributed by atoms with Crippen molar-refractivity contribution in [3.63, 3.8) is 0 Å². The topological polar surface area (TPSA) is 36.3 Å². The van der Waals surface area contributed by atoms with Gasteiger partial charge in [0.2, 0.25) is 6.10 Å². The van der Waals surface area contributed by atoms with Crippen LogP contribution in [0.5, 0.6) is 5.75 Å². The van der Waals surface area contributed by atoms with Gasteiger partial charge in [-0.2, -0.15) is 5.26 Å². The summed E-state index contributed by atoms with van der Waals surface area (Å²) in [4.78, 5) is 2.01. The number of ether oxygens (including phenoxy) is 1. The van der Waals surface area contributed by atoms with Crippen molar-refractivity contribution in [2.24, 2.45) is 0 Å². The number of halogens is 1. The zero-order valence-corrected chi connectivity index (χ0v) is 9.32. The summed E-state index contributed by atoms with van der Waals surface area (Å²) in [5, 5.41) is 9.50. The number of anilines is 1. The number of rotatable bonds is 0. The molecule has 0 fully saturated rings. The number of benzene rings is 1. The van der Waals surface area contributed by atoms with Crippen molar-refractivity contribution < 1.29 is 4.74 Å². The predicted octanol–water partition coefficient (Wildman–Crippen LogP) is 2.45. The smallest absolute Gasteiger partial charge is 0.204 e. The van der Waals surface area contributed by atoms with Gasteiger partial charge >= 0.3 is 0 Å². The lowest BCUT2D eigenvalue weighted by Crippen LogP contribution is -2.45. The third kappa shape index (κ3) is 1.51. The van der Waals surface area contributed by atoms with Gasteiger partial charge in [-0.1, -0.05) is 17.7 Å². The summed E-state index contributed by atoms with van der Waals surface area (Å²) in [5.74, 6) is 0.603. The van der Waals surface area contributed by atoms with Crippen molar-refractivity contribution >= 4 is 17.3 Å². The van der Waals surface area contributed by atoms with Gasteiger partial charge in [-0.3, -0.25) is 0 Å². The van der Waals surface area contributed by atoms with Crippen LogP contribution in [0, 0.1) is 11.3 Å². The highest BCUT2D eigenvalue weighted by atomic mass is 35.5. The van der Waals surface area contributed by atoms with Crippen LogP contribution in [0.1, 0.15) is 6.92 Å². The Bertz CT molecular complexity index is 427. The zero-order valence-electron chi connectivity index (χ0n) is 8.57. The van der Waals surface area contributed by atoms with E-state index in [9.17, 15) is 0 Å². The molecule has 1 aromatic rings. The molecule has 78 valence electrons. The van der Waals surface area contributed by atoms with Crippen molar-refractivity contribution in [1.82, 2.24) is 0 Å². The van der Waals surface area contributed by atoms with E-state index < -0.39 is 6.10 Å². The summed E-state index contributed by atoms with van der Waals surface area (Å²) in [6.45, 7) is 1.96. The molecule has 2 unspecified atom stereocenters. The van der Waals surface area contributed by atoms with Gasteiger partial charge < -0.3 is 9.64 Å². The molecule has 2 atom stereocenters. The summed E-state index contributed by atoms with van der Waals surface area (Å²) in [7, 11) is 1.94. The van der Waals surface area contributed by atoms with Crippen LogP contribution in [-0.4, -0.2) is 19.2 Å². The molecule has 1 heterocycles. The lowest BCUT2D eigenvalue weighted by molar-refractivity contribution is 0.212. The quantitative estimate of drug-likeness (QED) is 0.677. The second-order valence-corrected chi connectivity index (χ2v) is 4.01. The van der Waals surface area contributed by atoms with Crippen molar-refractivity contribution in [1.29, 1.82) is 5.26 Å². The summed E-state index contributed by atoms with van der Waals surface area (Å²) in [6, 6.07) is 7.73. The Labute approximate surface area is 93.8 Å². The van der Waals surface area contributed by atoms with Crippen molar-refractivity contribution in [2.45, 2.75) is 19.1 Å². The van der Waals surface area contributed by atoms with Gasteiger partial charge in [0.25, 0.3) is 0 Å². The molecule has 2 rings (SSSR count). The number of para-hydroxylation sites is 1. The van der Waals surface area contributed by atoms with Gasteiger partial charge in [0.15, 0.2) is 5.75 Å².